The minimum atomic E-state index is 1.14. The minimum Gasteiger partial charge on any atom is -0.0588 e. The molecule has 0 aliphatic carbocycles. The fourth-order valence-electron chi connectivity index (χ4n) is 3.04. The number of rotatable bonds is 3. The lowest BCUT2D eigenvalue weighted by atomic mass is 9.90. The molecule has 0 N–H and O–H groups in total. The summed E-state index contributed by atoms with van der Waals surface area (Å²) in [4.78, 5) is 0. The highest BCUT2D eigenvalue weighted by Crippen LogP contribution is 2.23. The highest BCUT2D eigenvalue weighted by molar-refractivity contribution is 5.42. The molecule has 2 rings (SSSR count). The van der Waals surface area contributed by atoms with Crippen LogP contribution in [0.5, 0.6) is 0 Å². The summed E-state index contributed by atoms with van der Waals surface area (Å²) >= 11 is 0. The first-order chi connectivity index (χ1) is 9.41. The quantitative estimate of drug-likeness (QED) is 0.705. The first-order valence-electron chi connectivity index (χ1n) is 7.53. The van der Waals surface area contributed by atoms with Gasteiger partial charge in [0.25, 0.3) is 0 Å². The second-order valence-corrected chi connectivity index (χ2v) is 6.11. The van der Waals surface area contributed by atoms with Gasteiger partial charge in [-0.05, 0) is 98.9 Å². The fraction of sp³-hybridized carbons (Fsp3) is 0.400. The van der Waals surface area contributed by atoms with Crippen molar-refractivity contribution in [3.63, 3.8) is 0 Å². The lowest BCUT2D eigenvalue weighted by Crippen LogP contribution is -2.03. The summed E-state index contributed by atoms with van der Waals surface area (Å²) in [5.41, 5.74) is 11.7. The van der Waals surface area contributed by atoms with E-state index in [4.69, 9.17) is 0 Å². The van der Waals surface area contributed by atoms with Crippen LogP contribution in [0.15, 0.2) is 24.3 Å². The molecule has 0 radical (unpaired) electrons. The molecule has 0 unspecified atom stereocenters. The molecule has 0 saturated heterocycles. The zero-order valence-corrected chi connectivity index (χ0v) is 13.7. The van der Waals surface area contributed by atoms with E-state index < -0.39 is 0 Å². The zero-order chi connectivity index (χ0) is 14.9. The molecule has 0 saturated carbocycles. The Balaban J connectivity index is 2.31. The Morgan fingerprint density at radius 3 is 1.15 bits per heavy atom. The van der Waals surface area contributed by atoms with E-state index in [1.54, 1.807) is 0 Å². The smallest absolute Gasteiger partial charge is 0.0233 e. The predicted molar refractivity (Wildman–Crippen MR) is 88.7 cm³/mol. The van der Waals surface area contributed by atoms with Crippen molar-refractivity contribution < 1.29 is 0 Å². The van der Waals surface area contributed by atoms with Gasteiger partial charge in [-0.15, -0.1) is 0 Å². The molecule has 0 atom stereocenters. The summed E-state index contributed by atoms with van der Waals surface area (Å²) in [5, 5.41) is 0. The molecular formula is C20H26. The van der Waals surface area contributed by atoms with Crippen molar-refractivity contribution in [2.75, 3.05) is 0 Å². The number of hydrogen-bond donors (Lipinski definition) is 0. The van der Waals surface area contributed by atoms with Gasteiger partial charge in [-0.2, -0.15) is 0 Å². The van der Waals surface area contributed by atoms with Crippen molar-refractivity contribution >= 4 is 0 Å². The maximum absolute atomic E-state index is 2.26. The second-order valence-electron chi connectivity index (χ2n) is 6.11. The minimum absolute atomic E-state index is 1.14. The average Bonchev–Trinajstić information content (AvgIpc) is 2.42. The lowest BCUT2D eigenvalue weighted by Gasteiger charge is -2.16. The Labute approximate surface area is 123 Å². The van der Waals surface area contributed by atoms with E-state index in [0.717, 1.165) is 12.8 Å². The summed E-state index contributed by atoms with van der Waals surface area (Å²) in [6.45, 7) is 13.4. The molecule has 0 bridgehead atoms. The van der Waals surface area contributed by atoms with E-state index in [1.807, 2.05) is 0 Å². The Morgan fingerprint density at radius 1 is 0.500 bits per heavy atom. The molecule has 20 heavy (non-hydrogen) atoms. The van der Waals surface area contributed by atoms with Crippen LogP contribution in [0.2, 0.25) is 0 Å². The van der Waals surface area contributed by atoms with Gasteiger partial charge in [0.15, 0.2) is 0 Å². The van der Waals surface area contributed by atoms with Gasteiger partial charge in [0.1, 0.15) is 0 Å². The average molecular weight is 266 g/mol. The molecular weight excluding hydrogens is 240 g/mol. The van der Waals surface area contributed by atoms with Crippen LogP contribution in [0, 0.1) is 41.5 Å². The molecule has 2 aromatic rings. The molecule has 0 amide bonds. The van der Waals surface area contributed by atoms with Gasteiger partial charge in [-0.3, -0.25) is 0 Å². The van der Waals surface area contributed by atoms with E-state index in [-0.39, 0.29) is 0 Å². The maximum Gasteiger partial charge on any atom is -0.0233 e. The van der Waals surface area contributed by atoms with Gasteiger partial charge in [-0.25, -0.2) is 0 Å². The normalized spacial score (nSPS) is 10.9. The second kappa shape index (κ2) is 5.83. The van der Waals surface area contributed by atoms with Gasteiger partial charge in [-0.1, -0.05) is 24.3 Å². The van der Waals surface area contributed by atoms with Crippen molar-refractivity contribution in [1.82, 2.24) is 0 Å². The van der Waals surface area contributed by atoms with Crippen LogP contribution >= 0.6 is 0 Å². The van der Waals surface area contributed by atoms with Crippen LogP contribution in [0.25, 0.3) is 0 Å². The van der Waals surface area contributed by atoms with Crippen LogP contribution in [-0.4, -0.2) is 0 Å². The largest absolute Gasteiger partial charge is 0.0588 e. The standard InChI is InChI=1S/C20H26/c1-13-7-9-15(3)19(17(13)5)11-12-20-16(4)10-8-14(2)18(20)6/h7-10H,11-12H2,1-6H3. The van der Waals surface area contributed by atoms with Gasteiger partial charge in [0.2, 0.25) is 0 Å². The summed E-state index contributed by atoms with van der Waals surface area (Å²) < 4.78 is 0. The van der Waals surface area contributed by atoms with E-state index >= 15 is 0 Å². The Hall–Kier alpha value is -1.56. The van der Waals surface area contributed by atoms with Crippen LogP contribution in [0.1, 0.15) is 44.5 Å². The van der Waals surface area contributed by atoms with Crippen molar-refractivity contribution in [2.45, 2.75) is 54.4 Å². The number of aryl methyl sites for hydroxylation is 4. The predicted octanol–water partition coefficient (Wildman–Crippen LogP) is 5.32. The van der Waals surface area contributed by atoms with Crippen LogP contribution in [0.3, 0.4) is 0 Å². The molecule has 0 aliphatic heterocycles. The summed E-state index contributed by atoms with van der Waals surface area (Å²) in [5.74, 6) is 0. The van der Waals surface area contributed by atoms with Gasteiger partial charge >= 0.3 is 0 Å². The lowest BCUT2D eigenvalue weighted by molar-refractivity contribution is 0.912. The van der Waals surface area contributed by atoms with E-state index in [2.05, 4.69) is 65.8 Å². The van der Waals surface area contributed by atoms with Crippen LogP contribution in [0.4, 0.5) is 0 Å². The molecule has 0 aromatic heterocycles. The molecule has 106 valence electrons. The summed E-state index contributed by atoms with van der Waals surface area (Å²) in [7, 11) is 0. The van der Waals surface area contributed by atoms with E-state index in [1.165, 1.54) is 44.5 Å². The molecule has 0 heteroatoms. The van der Waals surface area contributed by atoms with Crippen LogP contribution < -0.4 is 0 Å². The Bertz CT molecular complexity index is 575. The third kappa shape index (κ3) is 2.80. The topological polar surface area (TPSA) is 0 Å². The highest BCUT2D eigenvalue weighted by Gasteiger charge is 2.09. The summed E-state index contributed by atoms with van der Waals surface area (Å²) in [6, 6.07) is 8.98. The zero-order valence-electron chi connectivity index (χ0n) is 13.7. The molecule has 0 heterocycles. The Morgan fingerprint density at radius 2 is 0.800 bits per heavy atom. The number of hydrogen-bond acceptors (Lipinski definition) is 0. The molecule has 0 nitrogen and oxygen atoms in total. The van der Waals surface area contributed by atoms with E-state index in [9.17, 15) is 0 Å². The van der Waals surface area contributed by atoms with Crippen molar-refractivity contribution in [3.8, 4) is 0 Å². The van der Waals surface area contributed by atoms with Gasteiger partial charge in [0, 0.05) is 0 Å². The first-order valence-corrected chi connectivity index (χ1v) is 7.53. The van der Waals surface area contributed by atoms with Crippen molar-refractivity contribution in [2.24, 2.45) is 0 Å². The van der Waals surface area contributed by atoms with Crippen molar-refractivity contribution in [3.05, 3.63) is 68.8 Å². The van der Waals surface area contributed by atoms with Crippen molar-refractivity contribution in [1.29, 1.82) is 0 Å². The Kier molecular flexibility index (Phi) is 4.32. The number of benzene rings is 2. The van der Waals surface area contributed by atoms with Gasteiger partial charge < -0.3 is 0 Å². The van der Waals surface area contributed by atoms with E-state index in [0.29, 0.717) is 0 Å². The first kappa shape index (κ1) is 14.8. The molecule has 0 aliphatic rings. The fourth-order valence-corrected chi connectivity index (χ4v) is 3.04. The third-order valence-corrected chi connectivity index (χ3v) is 4.83. The molecule has 0 fully saturated rings. The van der Waals surface area contributed by atoms with Gasteiger partial charge in [0.05, 0.1) is 0 Å². The molecule has 2 aromatic carbocycles. The maximum atomic E-state index is 2.26. The highest BCUT2D eigenvalue weighted by atomic mass is 14.1. The SMILES string of the molecule is Cc1ccc(C)c(CCc2c(C)ccc(C)c2C)c1C. The molecule has 0 spiro atoms. The third-order valence-electron chi connectivity index (χ3n) is 4.83. The summed E-state index contributed by atoms with van der Waals surface area (Å²) in [6.07, 6.45) is 2.29. The monoisotopic (exact) mass is 266 g/mol. The van der Waals surface area contributed by atoms with Crippen LogP contribution in [-0.2, 0) is 12.8 Å².